The quantitative estimate of drug-likeness (QED) is 0.543. The van der Waals surface area contributed by atoms with Gasteiger partial charge < -0.3 is 9.32 Å². The number of aromatic nitrogens is 6. The number of furan rings is 1. The van der Waals surface area contributed by atoms with Crippen LogP contribution in [0.5, 0.6) is 0 Å². The Bertz CT molecular complexity index is 1120. The van der Waals surface area contributed by atoms with Crippen molar-refractivity contribution in [3.63, 3.8) is 0 Å². The van der Waals surface area contributed by atoms with Crippen molar-refractivity contribution in [2.75, 3.05) is 13.1 Å². The van der Waals surface area contributed by atoms with Crippen LogP contribution >= 0.6 is 0 Å². The second-order valence-electron chi connectivity index (χ2n) is 6.99. The largest absolute Gasteiger partial charge is 0.459 e. The van der Waals surface area contributed by atoms with Crippen molar-refractivity contribution < 1.29 is 9.21 Å². The smallest absolute Gasteiger partial charge is 0.289 e. The molecule has 1 amide bonds. The maximum Gasteiger partial charge on any atom is 0.289 e. The molecule has 142 valence electrons. The van der Waals surface area contributed by atoms with E-state index < -0.39 is 0 Å². The predicted octanol–water partition coefficient (Wildman–Crippen LogP) is 2.14. The molecular weight excluding hydrogens is 358 g/mol. The number of likely N-dealkylation sites (tertiary alicyclic amines) is 1. The molecule has 0 N–H and O–H groups in total. The van der Waals surface area contributed by atoms with Crippen LogP contribution in [-0.4, -0.2) is 53.5 Å². The minimum atomic E-state index is -0.0634. The van der Waals surface area contributed by atoms with Gasteiger partial charge in [0.2, 0.25) is 0 Å². The highest BCUT2D eigenvalue weighted by Gasteiger charge is 2.28. The molecule has 4 aromatic heterocycles. The summed E-state index contributed by atoms with van der Waals surface area (Å²) >= 11 is 0. The Hall–Kier alpha value is -3.49. The van der Waals surface area contributed by atoms with Gasteiger partial charge >= 0.3 is 0 Å². The van der Waals surface area contributed by atoms with E-state index in [9.17, 15) is 4.79 Å². The molecule has 9 heteroatoms. The standard InChI is InChI=1S/C19H19N7O2/c1-24-12-14(11-20-24)15-4-5-17-21-22-18(26(17)23-15)13-6-8-25(9-7-13)19(27)16-3-2-10-28-16/h2-5,10-13H,6-9H2,1H3. The first-order chi connectivity index (χ1) is 13.7. The van der Waals surface area contributed by atoms with E-state index in [0.717, 1.165) is 35.6 Å². The van der Waals surface area contributed by atoms with Gasteiger partial charge in [0.05, 0.1) is 18.2 Å². The summed E-state index contributed by atoms with van der Waals surface area (Å²) in [6.45, 7) is 1.31. The molecule has 0 saturated carbocycles. The molecule has 1 aliphatic heterocycles. The molecule has 0 aromatic carbocycles. The minimum Gasteiger partial charge on any atom is -0.459 e. The van der Waals surface area contributed by atoms with Crippen LogP contribution in [0.3, 0.4) is 0 Å². The van der Waals surface area contributed by atoms with Crippen LogP contribution in [0.25, 0.3) is 16.9 Å². The second-order valence-corrected chi connectivity index (χ2v) is 6.99. The van der Waals surface area contributed by atoms with Crippen molar-refractivity contribution in [1.82, 2.24) is 34.5 Å². The molecule has 9 nitrogen and oxygen atoms in total. The van der Waals surface area contributed by atoms with Crippen LogP contribution in [0.15, 0.2) is 47.3 Å². The van der Waals surface area contributed by atoms with Gasteiger partial charge in [0, 0.05) is 37.8 Å². The Morgan fingerprint density at radius 2 is 2.04 bits per heavy atom. The average molecular weight is 377 g/mol. The van der Waals surface area contributed by atoms with Gasteiger partial charge in [-0.15, -0.1) is 10.2 Å². The van der Waals surface area contributed by atoms with Gasteiger partial charge in [0.15, 0.2) is 17.2 Å². The van der Waals surface area contributed by atoms with E-state index in [-0.39, 0.29) is 11.8 Å². The lowest BCUT2D eigenvalue weighted by atomic mass is 9.96. The highest BCUT2D eigenvalue weighted by Crippen LogP contribution is 2.28. The first kappa shape index (κ1) is 16.7. The molecule has 0 radical (unpaired) electrons. The van der Waals surface area contributed by atoms with Crippen molar-refractivity contribution in [2.24, 2.45) is 7.05 Å². The second kappa shape index (κ2) is 6.59. The van der Waals surface area contributed by atoms with Gasteiger partial charge in [0.25, 0.3) is 5.91 Å². The van der Waals surface area contributed by atoms with E-state index in [2.05, 4.69) is 15.3 Å². The maximum absolute atomic E-state index is 12.4. The highest BCUT2D eigenvalue weighted by molar-refractivity contribution is 5.91. The molecule has 28 heavy (non-hydrogen) atoms. The number of piperidine rings is 1. The van der Waals surface area contributed by atoms with E-state index in [1.807, 2.05) is 34.8 Å². The van der Waals surface area contributed by atoms with Gasteiger partial charge in [-0.2, -0.15) is 14.7 Å². The van der Waals surface area contributed by atoms with Gasteiger partial charge in [-0.25, -0.2) is 0 Å². The van der Waals surface area contributed by atoms with Crippen LogP contribution < -0.4 is 0 Å². The summed E-state index contributed by atoms with van der Waals surface area (Å²) in [5.74, 6) is 1.36. The average Bonchev–Trinajstić information content (AvgIpc) is 3.48. The third-order valence-electron chi connectivity index (χ3n) is 5.17. The Kier molecular flexibility index (Phi) is 3.92. The van der Waals surface area contributed by atoms with Crippen molar-refractivity contribution in [3.05, 3.63) is 54.5 Å². The monoisotopic (exact) mass is 377 g/mol. The Labute approximate surface area is 160 Å². The number of amides is 1. The number of carbonyl (C=O) groups excluding carboxylic acids is 1. The molecule has 5 heterocycles. The highest BCUT2D eigenvalue weighted by atomic mass is 16.3. The molecule has 5 rings (SSSR count). The third-order valence-corrected chi connectivity index (χ3v) is 5.17. The summed E-state index contributed by atoms with van der Waals surface area (Å²) in [5, 5.41) is 17.6. The summed E-state index contributed by atoms with van der Waals surface area (Å²) < 4.78 is 8.79. The Morgan fingerprint density at radius 3 is 2.75 bits per heavy atom. The SMILES string of the molecule is Cn1cc(-c2ccc3nnc(C4CCN(C(=O)c5ccco5)CC4)n3n2)cn1. The molecule has 1 fully saturated rings. The lowest BCUT2D eigenvalue weighted by molar-refractivity contribution is 0.0678. The summed E-state index contributed by atoms with van der Waals surface area (Å²) in [7, 11) is 1.88. The molecule has 1 aliphatic rings. The number of fused-ring (bicyclic) bond motifs is 1. The van der Waals surface area contributed by atoms with Crippen LogP contribution in [-0.2, 0) is 7.05 Å². The molecule has 0 spiro atoms. The Balaban J connectivity index is 1.37. The zero-order valence-corrected chi connectivity index (χ0v) is 15.4. The van der Waals surface area contributed by atoms with E-state index in [1.165, 1.54) is 6.26 Å². The number of aryl methyl sites for hydroxylation is 1. The number of nitrogens with zero attached hydrogens (tertiary/aromatic N) is 7. The normalized spacial score (nSPS) is 15.4. The van der Waals surface area contributed by atoms with Crippen LogP contribution in [0.1, 0.15) is 35.1 Å². The minimum absolute atomic E-state index is 0.0634. The molecule has 1 saturated heterocycles. The Morgan fingerprint density at radius 1 is 1.18 bits per heavy atom. The summed E-state index contributed by atoms with van der Waals surface area (Å²) in [6.07, 6.45) is 6.86. The van der Waals surface area contributed by atoms with Crippen molar-refractivity contribution >= 4 is 11.6 Å². The van der Waals surface area contributed by atoms with Crippen molar-refractivity contribution in [2.45, 2.75) is 18.8 Å². The lowest BCUT2D eigenvalue weighted by Gasteiger charge is -2.30. The van der Waals surface area contributed by atoms with Crippen molar-refractivity contribution in [1.29, 1.82) is 0 Å². The molecule has 0 aliphatic carbocycles. The van der Waals surface area contributed by atoms with Crippen molar-refractivity contribution in [3.8, 4) is 11.3 Å². The zero-order valence-electron chi connectivity index (χ0n) is 15.4. The zero-order chi connectivity index (χ0) is 19.1. The molecule has 0 bridgehead atoms. The van der Waals surface area contributed by atoms with Gasteiger partial charge in [-0.1, -0.05) is 0 Å². The first-order valence-electron chi connectivity index (χ1n) is 9.23. The molecule has 0 atom stereocenters. The van der Waals surface area contributed by atoms with Gasteiger partial charge in [0.1, 0.15) is 0 Å². The number of carbonyl (C=O) groups is 1. The van der Waals surface area contributed by atoms with Gasteiger partial charge in [-0.3, -0.25) is 9.48 Å². The summed E-state index contributed by atoms with van der Waals surface area (Å²) in [4.78, 5) is 14.3. The van der Waals surface area contributed by atoms with E-state index in [0.29, 0.717) is 18.8 Å². The number of hydrogen-bond donors (Lipinski definition) is 0. The fraction of sp³-hybridized carbons (Fsp3) is 0.316. The van der Waals surface area contributed by atoms with E-state index in [1.54, 1.807) is 23.0 Å². The molecule has 0 unspecified atom stereocenters. The number of hydrogen-bond acceptors (Lipinski definition) is 6. The fourth-order valence-electron chi connectivity index (χ4n) is 3.66. The molecular formula is C19H19N7O2. The fourth-order valence-corrected chi connectivity index (χ4v) is 3.66. The van der Waals surface area contributed by atoms with Crippen LogP contribution in [0.2, 0.25) is 0 Å². The number of rotatable bonds is 3. The topological polar surface area (TPSA) is 94.3 Å². The van der Waals surface area contributed by atoms with E-state index in [4.69, 9.17) is 9.52 Å². The summed E-state index contributed by atoms with van der Waals surface area (Å²) in [6, 6.07) is 7.27. The first-order valence-corrected chi connectivity index (χ1v) is 9.23. The maximum atomic E-state index is 12.4. The predicted molar refractivity (Wildman–Crippen MR) is 99.6 cm³/mol. The van der Waals surface area contributed by atoms with Crippen LogP contribution in [0, 0.1) is 0 Å². The van der Waals surface area contributed by atoms with Gasteiger partial charge in [-0.05, 0) is 37.1 Å². The lowest BCUT2D eigenvalue weighted by Crippen LogP contribution is -2.38. The van der Waals surface area contributed by atoms with E-state index >= 15 is 0 Å². The third kappa shape index (κ3) is 2.84. The van der Waals surface area contributed by atoms with Crippen LogP contribution in [0.4, 0.5) is 0 Å². The summed E-state index contributed by atoms with van der Waals surface area (Å²) in [5.41, 5.74) is 2.49. The molecule has 4 aromatic rings.